The van der Waals surface area contributed by atoms with Crippen molar-refractivity contribution in [3.8, 4) is 0 Å². The highest BCUT2D eigenvalue weighted by Crippen LogP contribution is 2.31. The molecule has 114 valence electrons. The summed E-state index contributed by atoms with van der Waals surface area (Å²) >= 11 is 5.13. The van der Waals surface area contributed by atoms with Gasteiger partial charge in [-0.05, 0) is 32.2 Å². The molecule has 3 N–H and O–H groups in total. The summed E-state index contributed by atoms with van der Waals surface area (Å²) in [6.45, 7) is 5.86. The number of thiocarbonyl (C=S) groups is 1. The number of amides is 1. The van der Waals surface area contributed by atoms with E-state index in [0.717, 1.165) is 19.1 Å². The zero-order valence-electron chi connectivity index (χ0n) is 12.2. The summed E-state index contributed by atoms with van der Waals surface area (Å²) in [6, 6.07) is 0.726. The van der Waals surface area contributed by atoms with Crippen LogP contribution in [0.15, 0.2) is 0 Å². The highest BCUT2D eigenvalue weighted by molar-refractivity contribution is 7.80. The normalized spacial score (nSPS) is 21.7. The average Bonchev–Trinajstić information content (AvgIpc) is 3.28. The van der Waals surface area contributed by atoms with Crippen LogP contribution >= 0.6 is 12.2 Å². The summed E-state index contributed by atoms with van der Waals surface area (Å²) in [7, 11) is 0. The second kappa shape index (κ2) is 6.83. The molecule has 0 spiro atoms. The van der Waals surface area contributed by atoms with Gasteiger partial charge in [0.25, 0.3) is 0 Å². The first kappa shape index (κ1) is 15.7. The van der Waals surface area contributed by atoms with Crippen molar-refractivity contribution in [2.75, 3.05) is 32.8 Å². The van der Waals surface area contributed by atoms with E-state index in [1.807, 2.05) is 0 Å². The first-order valence-corrected chi connectivity index (χ1v) is 7.91. The fraction of sp³-hybridized carbons (Fsp3) is 0.857. The van der Waals surface area contributed by atoms with Crippen LogP contribution in [-0.4, -0.2) is 54.7 Å². The lowest BCUT2D eigenvalue weighted by atomic mass is 9.79. The Balaban J connectivity index is 1.83. The molecule has 0 radical (unpaired) electrons. The van der Waals surface area contributed by atoms with E-state index >= 15 is 0 Å². The second-order valence-electron chi connectivity index (χ2n) is 5.67. The van der Waals surface area contributed by atoms with Crippen molar-refractivity contribution in [3.63, 3.8) is 0 Å². The SMILES string of the molecule is CCN(CCNC(=O)C1(C(N)=S)CCOCC1)C1CC1. The highest BCUT2D eigenvalue weighted by Gasteiger charge is 2.42. The van der Waals surface area contributed by atoms with Gasteiger partial charge in [-0.1, -0.05) is 19.1 Å². The van der Waals surface area contributed by atoms with Crippen LogP contribution in [0, 0.1) is 5.41 Å². The summed E-state index contributed by atoms with van der Waals surface area (Å²) < 4.78 is 5.32. The summed E-state index contributed by atoms with van der Waals surface area (Å²) in [5.74, 6) is -0.0276. The number of nitrogens with zero attached hydrogens (tertiary/aromatic N) is 1. The maximum absolute atomic E-state index is 12.5. The van der Waals surface area contributed by atoms with E-state index in [0.29, 0.717) is 37.6 Å². The van der Waals surface area contributed by atoms with Crippen molar-refractivity contribution < 1.29 is 9.53 Å². The van der Waals surface area contributed by atoms with Gasteiger partial charge in [0.1, 0.15) is 5.41 Å². The number of nitrogens with one attached hydrogen (secondary N) is 1. The number of hydrogen-bond donors (Lipinski definition) is 2. The Morgan fingerprint density at radius 1 is 1.45 bits per heavy atom. The third-order valence-electron chi connectivity index (χ3n) is 4.41. The van der Waals surface area contributed by atoms with Crippen LogP contribution in [-0.2, 0) is 9.53 Å². The highest BCUT2D eigenvalue weighted by atomic mass is 32.1. The molecule has 6 heteroatoms. The van der Waals surface area contributed by atoms with Crippen molar-refractivity contribution >= 4 is 23.1 Å². The molecule has 20 heavy (non-hydrogen) atoms. The van der Waals surface area contributed by atoms with Crippen LogP contribution in [0.1, 0.15) is 32.6 Å². The van der Waals surface area contributed by atoms with Crippen LogP contribution in [0.3, 0.4) is 0 Å². The Bertz CT molecular complexity index is 365. The summed E-state index contributed by atoms with van der Waals surface area (Å²) in [5.41, 5.74) is 5.12. The maximum Gasteiger partial charge on any atom is 0.233 e. The van der Waals surface area contributed by atoms with Gasteiger partial charge in [0.15, 0.2) is 0 Å². The zero-order valence-corrected chi connectivity index (χ0v) is 13.0. The van der Waals surface area contributed by atoms with Crippen molar-refractivity contribution in [2.24, 2.45) is 11.1 Å². The molecule has 1 saturated carbocycles. The summed E-state index contributed by atoms with van der Waals surface area (Å²) in [5, 5.41) is 3.02. The standard InChI is InChI=1S/C14H25N3O2S/c1-2-17(11-3-4-11)8-7-16-13(18)14(12(15)20)5-9-19-10-6-14/h11H,2-10H2,1H3,(H2,15,20)(H,16,18). The average molecular weight is 299 g/mol. The number of nitrogens with two attached hydrogens (primary N) is 1. The molecule has 1 amide bonds. The van der Waals surface area contributed by atoms with Gasteiger partial charge >= 0.3 is 0 Å². The molecular weight excluding hydrogens is 274 g/mol. The van der Waals surface area contributed by atoms with Crippen LogP contribution in [0.2, 0.25) is 0 Å². The minimum Gasteiger partial charge on any atom is -0.392 e. The molecule has 2 fully saturated rings. The molecule has 1 aliphatic heterocycles. The van der Waals surface area contributed by atoms with E-state index in [4.69, 9.17) is 22.7 Å². The van der Waals surface area contributed by atoms with Gasteiger partial charge in [0.2, 0.25) is 5.91 Å². The number of likely N-dealkylation sites (N-methyl/N-ethyl adjacent to an activating group) is 1. The van der Waals surface area contributed by atoms with Gasteiger partial charge in [-0.2, -0.15) is 0 Å². The predicted molar refractivity (Wildman–Crippen MR) is 82.6 cm³/mol. The van der Waals surface area contributed by atoms with Crippen LogP contribution in [0.25, 0.3) is 0 Å². The molecule has 0 unspecified atom stereocenters. The Kier molecular flexibility index (Phi) is 5.35. The van der Waals surface area contributed by atoms with E-state index in [1.54, 1.807) is 0 Å². The Labute approximate surface area is 126 Å². The third-order valence-corrected chi connectivity index (χ3v) is 4.80. The van der Waals surface area contributed by atoms with Gasteiger partial charge < -0.3 is 15.8 Å². The Morgan fingerprint density at radius 3 is 2.60 bits per heavy atom. The van der Waals surface area contributed by atoms with Gasteiger partial charge in [-0.25, -0.2) is 0 Å². The molecule has 0 atom stereocenters. The van der Waals surface area contributed by atoms with Crippen LogP contribution < -0.4 is 11.1 Å². The lowest BCUT2D eigenvalue weighted by molar-refractivity contribution is -0.131. The monoisotopic (exact) mass is 299 g/mol. The summed E-state index contributed by atoms with van der Waals surface area (Å²) in [6.07, 6.45) is 3.76. The number of rotatable bonds is 7. The zero-order chi connectivity index (χ0) is 14.6. The van der Waals surface area contributed by atoms with Crippen LogP contribution in [0.4, 0.5) is 0 Å². The maximum atomic E-state index is 12.5. The molecule has 1 saturated heterocycles. The number of hydrogen-bond acceptors (Lipinski definition) is 4. The molecule has 0 aromatic heterocycles. The minimum atomic E-state index is -0.704. The Hall–Kier alpha value is -0.720. The number of ether oxygens (including phenoxy) is 1. The third kappa shape index (κ3) is 3.48. The van der Waals surface area contributed by atoms with E-state index in [-0.39, 0.29) is 5.91 Å². The minimum absolute atomic E-state index is 0.0276. The van der Waals surface area contributed by atoms with Crippen molar-refractivity contribution in [1.82, 2.24) is 10.2 Å². The molecule has 0 aromatic rings. The van der Waals surface area contributed by atoms with Crippen LogP contribution in [0.5, 0.6) is 0 Å². The van der Waals surface area contributed by atoms with E-state index in [9.17, 15) is 4.79 Å². The van der Waals surface area contributed by atoms with Gasteiger partial charge in [-0.15, -0.1) is 0 Å². The van der Waals surface area contributed by atoms with E-state index in [1.165, 1.54) is 12.8 Å². The smallest absolute Gasteiger partial charge is 0.233 e. The van der Waals surface area contributed by atoms with Gasteiger partial charge in [-0.3, -0.25) is 9.69 Å². The molecule has 0 bridgehead atoms. The molecule has 2 rings (SSSR count). The van der Waals surface area contributed by atoms with E-state index in [2.05, 4.69) is 17.1 Å². The lowest BCUT2D eigenvalue weighted by Gasteiger charge is -2.34. The lowest BCUT2D eigenvalue weighted by Crippen LogP contribution is -2.52. The predicted octanol–water partition coefficient (Wildman–Crippen LogP) is 0.670. The molecule has 5 nitrogen and oxygen atoms in total. The quantitative estimate of drug-likeness (QED) is 0.676. The fourth-order valence-electron chi connectivity index (χ4n) is 2.83. The van der Waals surface area contributed by atoms with Crippen molar-refractivity contribution in [3.05, 3.63) is 0 Å². The van der Waals surface area contributed by atoms with Crippen molar-refractivity contribution in [1.29, 1.82) is 0 Å². The fourth-order valence-corrected chi connectivity index (χ4v) is 3.12. The number of carbonyl (C=O) groups is 1. The topological polar surface area (TPSA) is 67.6 Å². The van der Waals surface area contributed by atoms with Crippen molar-refractivity contribution in [2.45, 2.75) is 38.6 Å². The van der Waals surface area contributed by atoms with Gasteiger partial charge in [0, 0.05) is 32.3 Å². The molecular formula is C14H25N3O2S. The molecule has 2 aliphatic rings. The summed E-state index contributed by atoms with van der Waals surface area (Å²) in [4.78, 5) is 15.2. The largest absolute Gasteiger partial charge is 0.392 e. The Morgan fingerprint density at radius 2 is 2.10 bits per heavy atom. The molecule has 1 aliphatic carbocycles. The first-order valence-electron chi connectivity index (χ1n) is 7.50. The van der Waals surface area contributed by atoms with Gasteiger partial charge in [0.05, 0.1) is 4.99 Å². The molecule has 1 heterocycles. The number of carbonyl (C=O) groups excluding carboxylic acids is 1. The second-order valence-corrected chi connectivity index (χ2v) is 6.11. The molecule has 0 aromatic carbocycles. The van der Waals surface area contributed by atoms with E-state index < -0.39 is 5.41 Å². The first-order chi connectivity index (χ1) is 9.60.